The molecular formula is C27H37F2NO9S. The highest BCUT2D eigenvalue weighted by Crippen LogP contribution is 2.63. The van der Waals surface area contributed by atoms with E-state index < -0.39 is 57.2 Å². The Morgan fingerprint density at radius 2 is 1.40 bits per heavy atom. The molecule has 40 heavy (non-hydrogen) atoms. The summed E-state index contributed by atoms with van der Waals surface area (Å²) in [4.78, 5) is 38.4. The van der Waals surface area contributed by atoms with Gasteiger partial charge in [-0.3, -0.25) is 9.59 Å². The van der Waals surface area contributed by atoms with E-state index in [1.54, 1.807) is 0 Å². The molecule has 10 nitrogen and oxygen atoms in total. The number of rotatable bonds is 7. The Morgan fingerprint density at radius 3 is 2.05 bits per heavy atom. The maximum atomic E-state index is 15.2. The van der Waals surface area contributed by atoms with E-state index in [-0.39, 0.29) is 35.8 Å². The summed E-state index contributed by atoms with van der Waals surface area (Å²) in [5.41, 5.74) is 0. The standard InChI is InChI=1S/C27H37F2NO9S/c1-36-20-10-16-11-22(31)30(25(32)18(16)12-21(20)37-2)39-40(34,35)27(28,29)26(33)38-19-9-15-7-8-17(19)24-14-5-3-13(4-6-14)23(15)24/h13-21,23-24H,3-12H2,1-2H3. The van der Waals surface area contributed by atoms with Crippen molar-refractivity contribution in [1.82, 2.24) is 5.06 Å². The molecule has 0 aromatic heterocycles. The van der Waals surface area contributed by atoms with Crippen molar-refractivity contribution in [1.29, 1.82) is 0 Å². The number of methoxy groups -OCH3 is 2. The second-order valence-electron chi connectivity index (χ2n) is 12.7. The molecule has 0 aromatic rings. The van der Waals surface area contributed by atoms with E-state index in [0.29, 0.717) is 36.5 Å². The molecule has 0 N–H and O–H groups in total. The number of hydrogen-bond donors (Lipinski definition) is 0. The molecule has 4 bridgehead atoms. The van der Waals surface area contributed by atoms with Crippen LogP contribution in [0, 0.1) is 47.3 Å². The predicted octanol–water partition coefficient (Wildman–Crippen LogP) is 3.05. The number of nitrogens with zero attached hydrogens (tertiary/aromatic N) is 1. The number of carbonyl (C=O) groups is 3. The molecule has 1 aliphatic heterocycles. The number of hydrogen-bond acceptors (Lipinski definition) is 9. The van der Waals surface area contributed by atoms with Gasteiger partial charge in [-0.05, 0) is 99.2 Å². The summed E-state index contributed by atoms with van der Waals surface area (Å²) in [5.74, 6) is -3.53. The first-order chi connectivity index (χ1) is 19.0. The molecule has 2 amide bonds. The van der Waals surface area contributed by atoms with E-state index in [0.717, 1.165) is 25.7 Å². The van der Waals surface area contributed by atoms with E-state index in [2.05, 4.69) is 4.28 Å². The average molecular weight is 590 g/mol. The van der Waals surface area contributed by atoms with Crippen LogP contribution in [-0.4, -0.2) is 69.1 Å². The summed E-state index contributed by atoms with van der Waals surface area (Å²) in [6.45, 7) is 0. The summed E-state index contributed by atoms with van der Waals surface area (Å²) in [7, 11) is -3.17. The Morgan fingerprint density at radius 1 is 0.825 bits per heavy atom. The largest absolute Gasteiger partial charge is 0.467 e. The number of alkyl halides is 2. The van der Waals surface area contributed by atoms with Gasteiger partial charge in [0, 0.05) is 26.6 Å². The third kappa shape index (κ3) is 4.41. The summed E-state index contributed by atoms with van der Waals surface area (Å²) in [6.07, 6.45) is 5.21. The SMILES string of the molecule is COC1CC2CC(=O)N(OS(=O)(=O)C(F)(F)C(=O)OC3CC4CCC3C3C5CCC(CC5)C43)C(=O)C2CC1OC. The lowest BCUT2D eigenvalue weighted by Crippen LogP contribution is -2.58. The van der Waals surface area contributed by atoms with Crippen LogP contribution in [0.4, 0.5) is 8.78 Å². The first kappa shape index (κ1) is 28.4. The van der Waals surface area contributed by atoms with Crippen molar-refractivity contribution in [2.75, 3.05) is 14.2 Å². The van der Waals surface area contributed by atoms with Gasteiger partial charge in [0.1, 0.15) is 6.10 Å². The lowest BCUT2D eigenvalue weighted by molar-refractivity contribution is -0.200. The molecule has 9 unspecified atom stereocenters. The molecule has 8 fully saturated rings. The molecule has 8 aliphatic rings. The molecule has 0 spiro atoms. The zero-order chi connectivity index (χ0) is 28.6. The van der Waals surface area contributed by atoms with Crippen molar-refractivity contribution in [3.8, 4) is 0 Å². The van der Waals surface area contributed by atoms with Crippen molar-refractivity contribution >= 4 is 27.9 Å². The molecule has 7 aliphatic carbocycles. The Bertz CT molecular complexity index is 1160. The summed E-state index contributed by atoms with van der Waals surface area (Å²) in [5, 5.41) is -5.24. The third-order valence-electron chi connectivity index (χ3n) is 11.0. The first-order valence-electron chi connectivity index (χ1n) is 14.4. The Labute approximate surface area is 232 Å². The number of fused-ring (bicyclic) bond motifs is 5. The average Bonchev–Trinajstić information content (AvgIpc) is 2.95. The van der Waals surface area contributed by atoms with Gasteiger partial charge >= 0.3 is 21.3 Å². The minimum atomic E-state index is -6.07. The minimum Gasteiger partial charge on any atom is -0.457 e. The quantitative estimate of drug-likeness (QED) is 0.325. The highest BCUT2D eigenvalue weighted by molar-refractivity contribution is 7.88. The fourth-order valence-corrected chi connectivity index (χ4v) is 10.0. The fraction of sp³-hybridized carbons (Fsp3) is 0.889. The van der Waals surface area contributed by atoms with Crippen LogP contribution in [0.5, 0.6) is 0 Å². The third-order valence-corrected chi connectivity index (χ3v) is 12.2. The van der Waals surface area contributed by atoms with Crippen LogP contribution in [0.1, 0.15) is 64.2 Å². The lowest BCUT2D eigenvalue weighted by atomic mass is 9.44. The van der Waals surface area contributed by atoms with E-state index in [9.17, 15) is 22.8 Å². The van der Waals surface area contributed by atoms with Gasteiger partial charge < -0.3 is 14.2 Å². The zero-order valence-electron chi connectivity index (χ0n) is 22.7. The number of imide groups is 1. The number of esters is 1. The van der Waals surface area contributed by atoms with Gasteiger partial charge in [-0.2, -0.15) is 17.2 Å². The zero-order valence-corrected chi connectivity index (χ0v) is 23.5. The van der Waals surface area contributed by atoms with Crippen molar-refractivity contribution in [2.24, 2.45) is 47.3 Å². The molecule has 1 heterocycles. The maximum Gasteiger partial charge on any atom is 0.467 e. The molecule has 0 aromatic carbocycles. The minimum absolute atomic E-state index is 0.0652. The molecule has 224 valence electrons. The maximum absolute atomic E-state index is 15.2. The van der Waals surface area contributed by atoms with Gasteiger partial charge in [0.15, 0.2) is 0 Å². The monoisotopic (exact) mass is 589 g/mol. The highest BCUT2D eigenvalue weighted by atomic mass is 32.2. The van der Waals surface area contributed by atoms with Gasteiger partial charge in [-0.25, -0.2) is 4.79 Å². The number of halogens is 2. The first-order valence-corrected chi connectivity index (χ1v) is 15.8. The van der Waals surface area contributed by atoms with Crippen molar-refractivity contribution in [3.63, 3.8) is 0 Å². The second kappa shape index (κ2) is 10.2. The number of carbonyl (C=O) groups excluding carboxylic acids is 3. The smallest absolute Gasteiger partial charge is 0.457 e. The molecule has 9 atom stereocenters. The van der Waals surface area contributed by atoms with E-state index in [4.69, 9.17) is 14.2 Å². The van der Waals surface area contributed by atoms with E-state index in [1.165, 1.54) is 27.1 Å². The summed E-state index contributed by atoms with van der Waals surface area (Å²) in [6, 6.07) is 0. The number of piperidine rings is 1. The molecule has 0 radical (unpaired) electrons. The number of ether oxygens (including phenoxy) is 3. The summed E-state index contributed by atoms with van der Waals surface area (Å²) >= 11 is 0. The van der Waals surface area contributed by atoms with Gasteiger partial charge in [0.2, 0.25) is 0 Å². The predicted molar refractivity (Wildman–Crippen MR) is 132 cm³/mol. The molecule has 1 saturated heterocycles. The Kier molecular flexibility index (Phi) is 7.27. The van der Waals surface area contributed by atoms with Crippen LogP contribution in [0.2, 0.25) is 0 Å². The van der Waals surface area contributed by atoms with Crippen LogP contribution in [-0.2, 0) is 43.0 Å². The van der Waals surface area contributed by atoms with Crippen LogP contribution in [0.3, 0.4) is 0 Å². The van der Waals surface area contributed by atoms with Crippen molar-refractivity contribution in [3.05, 3.63) is 0 Å². The van der Waals surface area contributed by atoms with Crippen molar-refractivity contribution in [2.45, 2.75) is 87.8 Å². The van der Waals surface area contributed by atoms with Gasteiger partial charge in [-0.15, -0.1) is 9.35 Å². The van der Waals surface area contributed by atoms with E-state index >= 15 is 8.78 Å². The highest BCUT2D eigenvalue weighted by Gasteiger charge is 2.62. The van der Waals surface area contributed by atoms with Crippen LogP contribution in [0.25, 0.3) is 0 Å². The van der Waals surface area contributed by atoms with Gasteiger partial charge in [-0.1, -0.05) is 0 Å². The van der Waals surface area contributed by atoms with Gasteiger partial charge in [0.05, 0.1) is 12.2 Å². The second-order valence-corrected chi connectivity index (χ2v) is 14.2. The molecular weight excluding hydrogens is 552 g/mol. The molecule has 7 saturated carbocycles. The van der Waals surface area contributed by atoms with Gasteiger partial charge in [0.25, 0.3) is 11.8 Å². The topological polar surface area (TPSA) is 126 Å². The van der Waals surface area contributed by atoms with Crippen LogP contribution >= 0.6 is 0 Å². The number of amides is 2. The van der Waals surface area contributed by atoms with Crippen molar-refractivity contribution < 1.29 is 50.1 Å². The number of hydroxylamine groups is 2. The molecule has 13 heteroatoms. The Hall–Kier alpha value is -1.70. The molecule has 8 rings (SSSR count). The Balaban J connectivity index is 1.14. The van der Waals surface area contributed by atoms with Crippen LogP contribution < -0.4 is 0 Å². The summed E-state index contributed by atoms with van der Waals surface area (Å²) < 4.78 is 76.1. The normalized spacial score (nSPS) is 42.9. The fourth-order valence-electron chi connectivity index (χ4n) is 9.33. The van der Waals surface area contributed by atoms with Crippen LogP contribution in [0.15, 0.2) is 0 Å². The lowest BCUT2D eigenvalue weighted by Gasteiger charge is -2.61. The van der Waals surface area contributed by atoms with E-state index in [1.807, 2.05) is 0 Å².